The molecule has 3 saturated heterocycles. The number of nitrogens with zero attached hydrogens (tertiary/aromatic N) is 7. The fourth-order valence-corrected chi connectivity index (χ4v) is 13.1. The molecule has 2 aromatic heterocycles. The molecule has 0 aromatic carbocycles. The molecule has 1 aliphatic carbocycles. The minimum Gasteiger partial charge on any atom is -0.459 e. The van der Waals surface area contributed by atoms with Crippen LogP contribution < -0.4 is 26.6 Å². The number of cyclic esters (lactones) is 1. The second-order valence-corrected chi connectivity index (χ2v) is 25.5. The summed E-state index contributed by atoms with van der Waals surface area (Å²) in [6.45, 7) is 15.8. The zero-order chi connectivity index (χ0) is 65.4. The van der Waals surface area contributed by atoms with Gasteiger partial charge in [-0.15, -0.1) is 0 Å². The van der Waals surface area contributed by atoms with Crippen LogP contribution in [0.5, 0.6) is 0 Å². The Bertz CT molecular complexity index is 2850. The molecule has 1 saturated carbocycles. The molecule has 24 heteroatoms. The van der Waals surface area contributed by atoms with Gasteiger partial charge in [0.1, 0.15) is 36.3 Å². The standard InChI is InChI=1S/C66H100N10O14/c1-39-17-13-12-14-18-40(2)52(84-8)33-48-22-20-45(7)66(83,90-48)59(79)61(80)76-24-16-15-19-50(76)62(81)88-54(34-53(85-9)41(3)30-43(5)57(78)58(87-11)56(77)42(4)29-39)49(67)31-46-21-23-51(55(32-46)86-10)89-65(82)72-38-47-36-70-63(71-37-47)74-25-27-75(28-26-74)64-69-35-44(6)60(68)73-64/h12-14,17-18,30,35-37,39,41-42,45-46,48-55,57-58,78,83H,15-16,19-29,31-34,38,67H2,1-11H3,(H,72,82)(H2,68,69,73)/b14-12?,17-13+,40-18?,43-30+/t39-,41-,42-,45-,46+,48+,49-,50+,51-,52+,53-,54+,55-,57-,58+,66-/m1/s1. The average Bonchev–Trinajstić information content (AvgIpc) is 1.09. The van der Waals surface area contributed by atoms with Crippen LogP contribution in [0.4, 0.5) is 22.5 Å². The van der Waals surface area contributed by atoms with Gasteiger partial charge in [-0.2, -0.15) is 4.98 Å². The van der Waals surface area contributed by atoms with Crippen molar-refractivity contribution in [2.24, 2.45) is 35.3 Å². The van der Waals surface area contributed by atoms with E-state index in [0.717, 1.165) is 11.1 Å². The zero-order valence-corrected chi connectivity index (χ0v) is 54.7. The molecule has 7 rings (SSSR count). The van der Waals surface area contributed by atoms with Crippen molar-refractivity contribution in [1.82, 2.24) is 30.2 Å². The molecular formula is C66H100N10O14. The third-order valence-electron chi connectivity index (χ3n) is 18.9. The minimum atomic E-state index is -2.47. The fraction of sp³-hybridized carbons (Fsp3) is 0.682. The Morgan fingerprint density at radius 1 is 0.778 bits per heavy atom. The maximum absolute atomic E-state index is 14.8. The summed E-state index contributed by atoms with van der Waals surface area (Å²) in [4.78, 5) is 94.5. The van der Waals surface area contributed by atoms with E-state index < -0.39 is 108 Å². The highest BCUT2D eigenvalue weighted by Crippen LogP contribution is 2.38. The van der Waals surface area contributed by atoms with Gasteiger partial charge in [0.05, 0.1) is 24.4 Å². The molecule has 6 heterocycles. The number of ether oxygens (including phenoxy) is 7. The van der Waals surface area contributed by atoms with Crippen LogP contribution in [-0.4, -0.2) is 192 Å². The SMILES string of the molecule is CO[C@H]1C[C@@H]2CC[C@@H](C)[C@@](O)(O2)C(=O)C(=O)N2CCCC[C@H]2C(=O)O[C@H]([C@H](N)C[C@@H]2CC[C@@H](OC(=O)NCc3cnc(N4CCN(c5ncc(C)c(N)n5)CC4)nc3)[C@H](OC)C2)C[C@@H](OC)[C@H](C)/C=C(\C)[C@@H](O)[C@@H](OC)C(=O)[C@H](C)C[C@H](C)/C=C/C=CC=C1C. The number of carbonyl (C=O) groups excluding carboxylic acids is 5. The maximum atomic E-state index is 14.8. The number of esters is 1. The number of aromatic nitrogens is 4. The van der Waals surface area contributed by atoms with E-state index >= 15 is 0 Å². The average molecular weight is 1260 g/mol. The summed E-state index contributed by atoms with van der Waals surface area (Å²) in [5.41, 5.74) is 16.1. The number of piperidine rings is 1. The van der Waals surface area contributed by atoms with Crippen LogP contribution >= 0.6 is 0 Å². The Morgan fingerprint density at radius 2 is 1.47 bits per heavy atom. The lowest BCUT2D eigenvalue weighted by atomic mass is 9.80. The Morgan fingerprint density at radius 3 is 2.13 bits per heavy atom. The summed E-state index contributed by atoms with van der Waals surface area (Å²) in [5, 5.41) is 26.7. The summed E-state index contributed by atoms with van der Waals surface area (Å²) < 4.78 is 42.3. The number of aliphatic hydroxyl groups is 2. The predicted molar refractivity (Wildman–Crippen MR) is 338 cm³/mol. The number of amides is 2. The molecule has 0 spiro atoms. The number of methoxy groups -OCH3 is 4. The van der Waals surface area contributed by atoms with E-state index in [0.29, 0.717) is 119 Å². The quantitative estimate of drug-likeness (QED) is 0.0917. The number of ketones is 2. The van der Waals surface area contributed by atoms with Gasteiger partial charge in [0.15, 0.2) is 5.78 Å². The van der Waals surface area contributed by atoms with Crippen LogP contribution in [0.25, 0.3) is 0 Å². The molecule has 2 bridgehead atoms. The van der Waals surface area contributed by atoms with E-state index in [1.54, 1.807) is 46.7 Å². The Balaban J connectivity index is 1.05. The zero-order valence-electron chi connectivity index (χ0n) is 54.7. The summed E-state index contributed by atoms with van der Waals surface area (Å²) in [5.74, 6) is -5.72. The van der Waals surface area contributed by atoms with E-state index in [1.165, 1.54) is 19.1 Å². The largest absolute Gasteiger partial charge is 0.459 e. The van der Waals surface area contributed by atoms with Crippen LogP contribution in [0.1, 0.15) is 130 Å². The lowest BCUT2D eigenvalue weighted by Crippen LogP contribution is -2.61. The first-order chi connectivity index (χ1) is 43.0. The van der Waals surface area contributed by atoms with Gasteiger partial charge >= 0.3 is 12.1 Å². The fourth-order valence-electron chi connectivity index (χ4n) is 13.1. The van der Waals surface area contributed by atoms with Crippen molar-refractivity contribution in [3.63, 3.8) is 0 Å². The van der Waals surface area contributed by atoms with Gasteiger partial charge in [-0.3, -0.25) is 14.4 Å². The number of rotatable bonds is 12. The molecular weight excluding hydrogens is 1160 g/mol. The first kappa shape index (κ1) is 71.2. The smallest absolute Gasteiger partial charge is 0.407 e. The summed E-state index contributed by atoms with van der Waals surface area (Å²) in [6, 6.07) is -1.98. The lowest BCUT2D eigenvalue weighted by Gasteiger charge is -2.43. The van der Waals surface area contributed by atoms with Gasteiger partial charge < -0.3 is 74.9 Å². The highest BCUT2D eigenvalue weighted by Gasteiger charge is 2.53. The van der Waals surface area contributed by atoms with Gasteiger partial charge in [0, 0.05) is 134 Å². The third kappa shape index (κ3) is 18.5. The van der Waals surface area contributed by atoms with Gasteiger partial charge in [0.25, 0.3) is 11.7 Å². The Kier molecular flexibility index (Phi) is 26.4. The van der Waals surface area contributed by atoms with Crippen molar-refractivity contribution in [3.8, 4) is 0 Å². The number of carbonyl (C=O) groups is 5. The molecule has 498 valence electrons. The second kappa shape index (κ2) is 33.4. The number of hydrogen-bond acceptors (Lipinski definition) is 22. The maximum Gasteiger partial charge on any atom is 0.407 e. The number of nitrogen functional groups attached to an aromatic ring is 1. The third-order valence-corrected chi connectivity index (χ3v) is 18.9. The first-order valence-electron chi connectivity index (χ1n) is 32.1. The number of anilines is 3. The molecule has 0 radical (unpaired) electrons. The predicted octanol–water partition coefficient (Wildman–Crippen LogP) is 6.05. The molecule has 4 fully saturated rings. The Labute approximate surface area is 530 Å². The van der Waals surface area contributed by atoms with Crippen molar-refractivity contribution in [2.45, 2.75) is 199 Å². The van der Waals surface area contributed by atoms with E-state index in [1.807, 2.05) is 71.1 Å². The monoisotopic (exact) mass is 1260 g/mol. The molecule has 7 N–H and O–H groups in total. The van der Waals surface area contributed by atoms with Gasteiger partial charge in [-0.25, -0.2) is 24.5 Å². The summed E-state index contributed by atoms with van der Waals surface area (Å²) >= 11 is 0. The van der Waals surface area contributed by atoms with Gasteiger partial charge in [-0.05, 0) is 108 Å². The summed E-state index contributed by atoms with van der Waals surface area (Å²) in [7, 11) is 6.08. The number of allylic oxidation sites excluding steroid dienone is 5. The van der Waals surface area contributed by atoms with E-state index in [-0.39, 0.29) is 43.6 Å². The second-order valence-electron chi connectivity index (χ2n) is 25.5. The van der Waals surface area contributed by atoms with E-state index in [4.69, 9.17) is 44.6 Å². The molecule has 90 heavy (non-hydrogen) atoms. The molecule has 0 unspecified atom stereocenters. The highest BCUT2D eigenvalue weighted by atomic mass is 16.6. The number of fused-ring (bicyclic) bond motifs is 3. The van der Waals surface area contributed by atoms with Gasteiger partial charge in [-0.1, -0.05) is 64.2 Å². The number of alkyl carbamates (subject to hydrolysis) is 1. The summed E-state index contributed by atoms with van der Waals surface area (Å²) in [6.07, 6.45) is 14.5. The number of Topliss-reactive ketones (excluding diaryl/α,β-unsaturated/α-hetero) is 2. The molecule has 2 amide bonds. The van der Waals surface area contributed by atoms with E-state index in [9.17, 15) is 34.2 Å². The molecule has 2 aromatic rings. The normalized spacial score (nSPS) is 33.2. The number of piperazine rings is 1. The molecule has 16 atom stereocenters. The Hall–Kier alpha value is -6.25. The molecule has 4 aliphatic heterocycles. The van der Waals surface area contributed by atoms with Crippen molar-refractivity contribution >= 4 is 47.3 Å². The van der Waals surface area contributed by atoms with Crippen molar-refractivity contribution in [2.75, 3.05) is 76.7 Å². The lowest BCUT2D eigenvalue weighted by molar-refractivity contribution is -0.265. The number of hydrogen-bond donors (Lipinski definition) is 5. The number of aryl methyl sites for hydroxylation is 1. The van der Waals surface area contributed by atoms with E-state index in [2.05, 4.69) is 35.1 Å². The highest BCUT2D eigenvalue weighted by molar-refractivity contribution is 6.39. The van der Waals surface area contributed by atoms with Crippen LogP contribution in [-0.2, 0) is 58.9 Å². The van der Waals surface area contributed by atoms with Crippen LogP contribution in [0, 0.1) is 36.5 Å². The molecule has 24 nitrogen and oxygen atoms in total. The number of nitrogens with one attached hydrogen (secondary N) is 1. The number of nitrogens with two attached hydrogens (primary N) is 2. The van der Waals surface area contributed by atoms with Crippen molar-refractivity contribution < 1.29 is 67.3 Å². The van der Waals surface area contributed by atoms with Crippen LogP contribution in [0.3, 0.4) is 0 Å². The molecule has 5 aliphatic rings. The van der Waals surface area contributed by atoms with Crippen molar-refractivity contribution in [3.05, 3.63) is 77.3 Å². The first-order valence-corrected chi connectivity index (χ1v) is 32.1. The van der Waals surface area contributed by atoms with Crippen LogP contribution in [0.2, 0.25) is 0 Å². The van der Waals surface area contributed by atoms with Crippen molar-refractivity contribution in [1.29, 1.82) is 0 Å². The minimum absolute atomic E-state index is 0.00808. The van der Waals surface area contributed by atoms with Crippen LogP contribution in [0.15, 0.2) is 66.2 Å². The topological polar surface area (TPSA) is 316 Å². The van der Waals surface area contributed by atoms with Gasteiger partial charge in [0.2, 0.25) is 17.7 Å². The number of aliphatic hydroxyl groups excluding tert-OH is 1.